The van der Waals surface area contributed by atoms with Crippen molar-refractivity contribution < 1.29 is 67.5 Å². The molecule has 0 fully saturated rings. The molecule has 0 aliphatic heterocycles. The molecule has 0 bridgehead atoms. The third-order valence-corrected chi connectivity index (χ3v) is 0.738. The van der Waals surface area contributed by atoms with Crippen molar-refractivity contribution in [2.45, 2.75) is 12.5 Å². The number of hydrogen-bond acceptors (Lipinski definition) is 3. The molecule has 0 aromatic heterocycles. The summed E-state index contributed by atoms with van der Waals surface area (Å²) in [5.41, 5.74) is 9.57. The van der Waals surface area contributed by atoms with E-state index in [9.17, 15) is 9.59 Å². The number of aliphatic carboxylic acids is 1. The first-order valence-corrected chi connectivity index (χ1v) is 2.30. The van der Waals surface area contributed by atoms with Crippen LogP contribution in [0.3, 0.4) is 0 Å². The van der Waals surface area contributed by atoms with E-state index >= 15 is 0 Å². The fraction of sp³-hybridized carbons (Fsp3) is 0.500. The van der Waals surface area contributed by atoms with Gasteiger partial charge in [0.2, 0.25) is 5.91 Å². The van der Waals surface area contributed by atoms with Gasteiger partial charge in [0, 0.05) is 0 Å². The Balaban J connectivity index is -0.000000320. The van der Waals surface area contributed by atoms with Gasteiger partial charge < -0.3 is 18.0 Å². The van der Waals surface area contributed by atoms with Crippen LogP contribution in [-0.2, 0) is 9.59 Å². The molecule has 5 nitrogen and oxygen atoms in total. The molecule has 5 N–H and O–H groups in total. The topological polar surface area (TPSA) is 106 Å². The van der Waals surface area contributed by atoms with E-state index in [1.165, 1.54) is 0 Å². The fourth-order valence-electron chi connectivity index (χ4n) is 0.304. The molecule has 1 atom stereocenters. The second-order valence-electron chi connectivity index (χ2n) is 1.62. The van der Waals surface area contributed by atoms with Crippen LogP contribution in [0, 0.1) is 0 Å². The molecule has 1 amide bonds. The predicted molar refractivity (Wildman–Crippen MR) is 30.5 cm³/mol. The van der Waals surface area contributed by atoms with Gasteiger partial charge in [-0.3, -0.25) is 9.59 Å². The van der Waals surface area contributed by atoms with Crippen LogP contribution in [0.5, 0.6) is 0 Å². The molecule has 0 saturated heterocycles. The minimum Gasteiger partial charge on any atom is -1.00 e. The van der Waals surface area contributed by atoms with Crippen molar-refractivity contribution in [3.05, 3.63) is 0 Å². The van der Waals surface area contributed by atoms with Crippen molar-refractivity contribution >= 4 is 11.9 Å². The van der Waals surface area contributed by atoms with E-state index in [0.29, 0.717) is 0 Å². The minimum absolute atomic E-state index is 0. The number of carboxylic acids is 1. The Kier molecular flexibility index (Phi) is 8.23. The van der Waals surface area contributed by atoms with E-state index in [1.807, 2.05) is 0 Å². The molecule has 10 heavy (non-hydrogen) atoms. The number of amides is 1. The second-order valence-corrected chi connectivity index (χ2v) is 1.62. The van der Waals surface area contributed by atoms with Crippen molar-refractivity contribution in [2.24, 2.45) is 11.5 Å². The van der Waals surface area contributed by atoms with E-state index < -0.39 is 17.9 Å². The molecule has 0 saturated carbocycles. The van der Waals surface area contributed by atoms with Crippen LogP contribution < -0.4 is 62.9 Å². The summed E-state index contributed by atoms with van der Waals surface area (Å²) in [6.45, 7) is 0. The van der Waals surface area contributed by atoms with Crippen LogP contribution >= 0.6 is 0 Å². The van der Waals surface area contributed by atoms with Crippen LogP contribution in [0.4, 0.5) is 0 Å². The molecule has 54 valence electrons. The molecular formula is C4H9KN2O3. The zero-order valence-corrected chi connectivity index (χ0v) is 8.83. The third kappa shape index (κ3) is 6.65. The summed E-state index contributed by atoms with van der Waals surface area (Å²) in [7, 11) is 0. The van der Waals surface area contributed by atoms with Gasteiger partial charge in [-0.15, -0.1) is 0 Å². The predicted octanol–water partition coefficient (Wildman–Crippen LogP) is -4.61. The van der Waals surface area contributed by atoms with Crippen molar-refractivity contribution in [3.63, 3.8) is 0 Å². The molecular weight excluding hydrogens is 163 g/mol. The molecule has 0 unspecified atom stereocenters. The standard InChI is InChI=1S/C4H8N2O3.K.H/c5-2(4(8)9)1-3(6)7;;/h2H,1,5H2,(H2,6,7)(H,8,9);;/q;+1;-1/t2-;;/m0../s1. The molecule has 0 heterocycles. The number of rotatable bonds is 3. The number of hydrogen-bond donors (Lipinski definition) is 3. The Hall–Kier alpha value is 0.536. The van der Waals surface area contributed by atoms with Crippen molar-refractivity contribution in [1.29, 1.82) is 0 Å². The summed E-state index contributed by atoms with van der Waals surface area (Å²) < 4.78 is 0. The average molecular weight is 172 g/mol. The number of primary amides is 1. The van der Waals surface area contributed by atoms with E-state index in [4.69, 9.17) is 10.8 Å². The van der Waals surface area contributed by atoms with E-state index in [-0.39, 0.29) is 59.2 Å². The van der Waals surface area contributed by atoms with Crippen LogP contribution in [0.25, 0.3) is 0 Å². The minimum atomic E-state index is -1.21. The Labute approximate surface area is 102 Å². The molecule has 0 aliphatic carbocycles. The number of carbonyl (C=O) groups is 2. The summed E-state index contributed by atoms with van der Waals surface area (Å²) >= 11 is 0. The fourth-order valence-corrected chi connectivity index (χ4v) is 0.304. The smallest absolute Gasteiger partial charge is 1.00 e. The quantitative estimate of drug-likeness (QED) is 0.372. The summed E-state index contributed by atoms with van der Waals surface area (Å²) in [4.78, 5) is 19.9. The zero-order valence-electron chi connectivity index (χ0n) is 6.70. The summed E-state index contributed by atoms with van der Waals surface area (Å²) in [6, 6.07) is -1.16. The Bertz CT molecular complexity index is 143. The van der Waals surface area contributed by atoms with Gasteiger partial charge in [-0.2, -0.15) is 0 Å². The summed E-state index contributed by atoms with van der Waals surface area (Å²) in [5, 5.41) is 8.10. The maximum Gasteiger partial charge on any atom is 1.00 e. The third-order valence-electron chi connectivity index (χ3n) is 0.738. The summed E-state index contributed by atoms with van der Waals surface area (Å²) in [5.74, 6) is -1.92. The molecule has 0 rings (SSSR count). The molecule has 0 radical (unpaired) electrons. The number of carbonyl (C=O) groups excluding carboxylic acids is 1. The molecule has 0 spiro atoms. The molecule has 0 aromatic rings. The van der Waals surface area contributed by atoms with E-state index in [1.54, 1.807) is 0 Å². The van der Waals surface area contributed by atoms with Gasteiger partial charge in [0.15, 0.2) is 0 Å². The van der Waals surface area contributed by atoms with Crippen molar-refractivity contribution in [1.82, 2.24) is 0 Å². The molecule has 0 aliphatic rings. The largest absolute Gasteiger partial charge is 1.00 e. The Morgan fingerprint density at radius 2 is 2.00 bits per heavy atom. The molecule has 6 heteroatoms. The van der Waals surface area contributed by atoms with Crippen molar-refractivity contribution in [2.75, 3.05) is 0 Å². The maximum atomic E-state index is 9.99. The second kappa shape index (κ2) is 6.26. The van der Waals surface area contributed by atoms with Gasteiger partial charge in [0.25, 0.3) is 0 Å². The van der Waals surface area contributed by atoms with Gasteiger partial charge in [0.05, 0.1) is 6.42 Å². The van der Waals surface area contributed by atoms with Crippen LogP contribution in [0.2, 0.25) is 0 Å². The van der Waals surface area contributed by atoms with Gasteiger partial charge in [-0.25, -0.2) is 0 Å². The monoisotopic (exact) mass is 172 g/mol. The zero-order chi connectivity index (χ0) is 7.44. The maximum absolute atomic E-state index is 9.99. The number of carboxylic acid groups (broad SMARTS) is 1. The average Bonchev–Trinajstić information content (AvgIpc) is 1.63. The van der Waals surface area contributed by atoms with E-state index in [0.717, 1.165) is 0 Å². The first-order valence-electron chi connectivity index (χ1n) is 2.30. The van der Waals surface area contributed by atoms with Crippen LogP contribution in [0.1, 0.15) is 7.85 Å². The Morgan fingerprint density at radius 1 is 1.60 bits per heavy atom. The van der Waals surface area contributed by atoms with E-state index in [2.05, 4.69) is 5.73 Å². The van der Waals surface area contributed by atoms with Gasteiger partial charge >= 0.3 is 57.4 Å². The first kappa shape index (κ1) is 13.1. The number of nitrogens with two attached hydrogens (primary N) is 2. The summed E-state index contributed by atoms with van der Waals surface area (Å²) in [6.07, 6.45) is -0.310. The van der Waals surface area contributed by atoms with Crippen molar-refractivity contribution in [3.8, 4) is 0 Å². The molecule has 0 aromatic carbocycles. The Morgan fingerprint density at radius 3 is 2.10 bits per heavy atom. The SMILES string of the molecule is NC(=O)C[C@H](N)C(=O)O.[H-].[K+]. The van der Waals surface area contributed by atoms with Gasteiger partial charge in [-0.05, 0) is 0 Å². The van der Waals surface area contributed by atoms with Gasteiger partial charge in [-0.1, -0.05) is 0 Å². The van der Waals surface area contributed by atoms with Crippen LogP contribution in [0.15, 0.2) is 0 Å². The van der Waals surface area contributed by atoms with Gasteiger partial charge in [0.1, 0.15) is 6.04 Å². The van der Waals surface area contributed by atoms with Crippen LogP contribution in [-0.4, -0.2) is 23.0 Å². The normalized spacial score (nSPS) is 11.3. The first-order chi connectivity index (χ1) is 4.04.